The van der Waals surface area contributed by atoms with Gasteiger partial charge in [0.2, 0.25) is 0 Å². The summed E-state index contributed by atoms with van der Waals surface area (Å²) in [5.41, 5.74) is 0. The van der Waals surface area contributed by atoms with Gasteiger partial charge in [0.1, 0.15) is 0 Å². The van der Waals surface area contributed by atoms with Crippen LogP contribution in [0, 0.1) is 5.92 Å². The van der Waals surface area contributed by atoms with Crippen molar-refractivity contribution >= 4 is 4.96 Å². The molecule has 0 aliphatic carbocycles. The maximum atomic E-state index is 2.64. The van der Waals surface area contributed by atoms with Crippen LogP contribution < -0.4 is 0 Å². The number of hydrogen-bond donors (Lipinski definition) is 0. The molecule has 2 aliphatic heterocycles. The van der Waals surface area contributed by atoms with E-state index < -0.39 is 0 Å². The standard InChI is InChI=1S/C9H16.Co/c1-8(2)6-5-7-9(3)4;/h1,7-8H,5-6H2,2-4H3;. The van der Waals surface area contributed by atoms with E-state index in [0.29, 0.717) is 13.2 Å². The molecule has 2 heterocycles. The Hall–Kier alpha value is 0.376. The molecule has 10 heavy (non-hydrogen) atoms. The number of fused-ring (bicyclic) bond motifs is 1. The monoisotopic (exact) mass is 183 g/mol. The van der Waals surface area contributed by atoms with Crippen LogP contribution in [0.2, 0.25) is 9.20 Å². The van der Waals surface area contributed by atoms with Gasteiger partial charge in [-0.2, -0.15) is 0 Å². The van der Waals surface area contributed by atoms with Gasteiger partial charge in [0.05, 0.1) is 0 Å². The second-order valence-corrected chi connectivity index (χ2v) is 7.27. The van der Waals surface area contributed by atoms with Crippen molar-refractivity contribution in [1.29, 1.82) is 0 Å². The van der Waals surface area contributed by atoms with Crippen molar-refractivity contribution in [1.82, 2.24) is 0 Å². The van der Waals surface area contributed by atoms with Crippen molar-refractivity contribution in [2.24, 2.45) is 5.92 Å². The van der Waals surface area contributed by atoms with Gasteiger partial charge in [-0.1, -0.05) is 0 Å². The van der Waals surface area contributed by atoms with E-state index >= 15 is 0 Å². The first-order chi connectivity index (χ1) is 4.62. The molecule has 61 valence electrons. The molecule has 1 saturated heterocycles. The van der Waals surface area contributed by atoms with E-state index in [0.717, 1.165) is 15.1 Å². The molecule has 2 rings (SSSR count). The zero-order chi connectivity index (χ0) is 7.35. The molecule has 0 amide bonds. The molecule has 0 bridgehead atoms. The number of hydrogen-bond acceptors (Lipinski definition) is 0. The first kappa shape index (κ1) is 7.05. The Morgan fingerprint density at radius 3 is 2.60 bits per heavy atom. The third kappa shape index (κ3) is 0.834. The molecular formula is C9H16Co. The first-order valence-corrected chi connectivity index (χ1v) is 5.79. The van der Waals surface area contributed by atoms with Crippen LogP contribution in [0.4, 0.5) is 0 Å². The van der Waals surface area contributed by atoms with E-state index in [-0.39, 0.29) is 0 Å². The zero-order valence-electron chi connectivity index (χ0n) is 6.98. The molecule has 2 unspecified atom stereocenters. The molecule has 0 saturated carbocycles. The van der Waals surface area contributed by atoms with Gasteiger partial charge in [-0.15, -0.1) is 0 Å². The van der Waals surface area contributed by atoms with Crippen LogP contribution in [-0.2, 0) is 13.2 Å². The molecule has 0 aromatic rings. The van der Waals surface area contributed by atoms with Crippen LogP contribution in [0.1, 0.15) is 33.6 Å². The summed E-state index contributed by atoms with van der Waals surface area (Å²) in [6, 6.07) is 0. The minimum atomic E-state index is 0.389. The third-order valence-corrected chi connectivity index (χ3v) is 6.97. The zero-order valence-corrected chi connectivity index (χ0v) is 8.02. The molecule has 2 aliphatic rings. The summed E-state index contributed by atoms with van der Waals surface area (Å²) in [4.78, 5) is 3.75. The van der Waals surface area contributed by atoms with E-state index in [1.54, 1.807) is 0 Å². The quantitative estimate of drug-likeness (QED) is 0.541. The minimum absolute atomic E-state index is 0.389. The number of rotatable bonds is 0. The van der Waals surface area contributed by atoms with Crippen LogP contribution >= 0.6 is 0 Å². The molecule has 0 aromatic carbocycles. The fourth-order valence-corrected chi connectivity index (χ4v) is 5.53. The molecule has 0 N–H and O–H groups in total. The molecule has 0 spiro atoms. The molecule has 0 nitrogen and oxygen atoms in total. The second kappa shape index (κ2) is 1.95. The summed E-state index contributed by atoms with van der Waals surface area (Å²) in [5.74, 6) is 0.919. The SMILES string of the molecule is CC1[CH]=[Co]2[CH](CC1)[C]2(C)C. The predicted molar refractivity (Wildman–Crippen MR) is 42.3 cm³/mol. The Balaban J connectivity index is 2.24. The maximum absolute atomic E-state index is 2.64. The van der Waals surface area contributed by atoms with Crippen molar-refractivity contribution in [3.05, 3.63) is 0 Å². The summed E-state index contributed by atoms with van der Waals surface area (Å²) in [6.45, 7) is 7.25. The van der Waals surface area contributed by atoms with Gasteiger partial charge in [0.15, 0.2) is 0 Å². The third-order valence-electron chi connectivity index (χ3n) is 2.58. The fourth-order valence-electron chi connectivity index (χ4n) is 1.76. The Morgan fingerprint density at radius 1 is 1.40 bits per heavy atom. The summed E-state index contributed by atoms with van der Waals surface area (Å²) >= 11 is 0.389. The molecule has 0 radical (unpaired) electrons. The van der Waals surface area contributed by atoms with Crippen molar-refractivity contribution < 1.29 is 13.2 Å². The average Bonchev–Trinajstić information content (AvgIpc) is 2.36. The van der Waals surface area contributed by atoms with E-state index in [1.165, 1.54) is 12.8 Å². The van der Waals surface area contributed by atoms with Crippen LogP contribution in [0.25, 0.3) is 0 Å². The van der Waals surface area contributed by atoms with Crippen LogP contribution in [0.5, 0.6) is 0 Å². The van der Waals surface area contributed by atoms with Crippen molar-refractivity contribution in [2.45, 2.75) is 42.8 Å². The molecular weight excluding hydrogens is 167 g/mol. The van der Waals surface area contributed by atoms with Gasteiger partial charge in [0, 0.05) is 0 Å². The Labute approximate surface area is 67.3 Å². The van der Waals surface area contributed by atoms with Crippen LogP contribution in [0.15, 0.2) is 0 Å². The van der Waals surface area contributed by atoms with E-state index in [4.69, 9.17) is 0 Å². The normalized spacial score (nSPS) is 45.7. The molecule has 2 atom stereocenters. The summed E-state index contributed by atoms with van der Waals surface area (Å²) in [6.07, 6.45) is 2.96. The Kier molecular flexibility index (Phi) is 1.37. The van der Waals surface area contributed by atoms with Crippen LogP contribution in [0.3, 0.4) is 0 Å². The van der Waals surface area contributed by atoms with Crippen molar-refractivity contribution in [3.63, 3.8) is 0 Å². The first-order valence-electron chi connectivity index (χ1n) is 4.07. The molecule has 0 aromatic heterocycles. The van der Waals surface area contributed by atoms with Gasteiger partial charge in [0.25, 0.3) is 0 Å². The van der Waals surface area contributed by atoms with Gasteiger partial charge in [-0.25, -0.2) is 0 Å². The van der Waals surface area contributed by atoms with E-state index in [2.05, 4.69) is 25.7 Å². The van der Waals surface area contributed by atoms with E-state index in [9.17, 15) is 0 Å². The summed E-state index contributed by atoms with van der Waals surface area (Å²) in [7, 11) is 0. The van der Waals surface area contributed by atoms with Crippen molar-refractivity contribution in [3.8, 4) is 0 Å². The fraction of sp³-hybridized carbons (Fsp3) is 0.889. The van der Waals surface area contributed by atoms with Gasteiger partial charge in [-0.3, -0.25) is 0 Å². The Morgan fingerprint density at radius 2 is 2.10 bits per heavy atom. The van der Waals surface area contributed by atoms with Crippen molar-refractivity contribution in [2.75, 3.05) is 0 Å². The van der Waals surface area contributed by atoms with Gasteiger partial charge in [-0.05, 0) is 0 Å². The predicted octanol–water partition coefficient (Wildman–Crippen LogP) is 2.84. The topological polar surface area (TPSA) is 0 Å². The molecule has 1 fully saturated rings. The summed E-state index contributed by atoms with van der Waals surface area (Å²) < 4.78 is 0.734. The summed E-state index contributed by atoms with van der Waals surface area (Å²) in [5, 5.41) is 0. The molecule has 1 heteroatoms. The average molecular weight is 183 g/mol. The Bertz CT molecular complexity index is 191. The van der Waals surface area contributed by atoms with E-state index in [1.807, 2.05) is 0 Å². The van der Waals surface area contributed by atoms with Gasteiger partial charge < -0.3 is 0 Å². The van der Waals surface area contributed by atoms with Crippen LogP contribution in [-0.4, -0.2) is 4.96 Å². The second-order valence-electron chi connectivity index (χ2n) is 3.91. The van der Waals surface area contributed by atoms with Gasteiger partial charge >= 0.3 is 66.9 Å².